The van der Waals surface area contributed by atoms with Crippen molar-refractivity contribution in [2.75, 3.05) is 18.1 Å². The first-order chi connectivity index (χ1) is 24.7. The van der Waals surface area contributed by atoms with Gasteiger partial charge in [0.1, 0.15) is 17.6 Å². The molecule has 1 saturated heterocycles. The van der Waals surface area contributed by atoms with Crippen molar-refractivity contribution in [2.45, 2.75) is 70.5 Å². The molecule has 3 aromatic rings. The second-order valence-corrected chi connectivity index (χ2v) is 14.6. The first-order valence-corrected chi connectivity index (χ1v) is 19.0. The molecule has 0 aromatic heterocycles. The zero-order valence-electron chi connectivity index (χ0n) is 29.0. The van der Waals surface area contributed by atoms with E-state index in [1.165, 1.54) is 12.2 Å². The summed E-state index contributed by atoms with van der Waals surface area (Å²) >= 11 is 7.85. The fraction of sp³-hybridized carbons (Fsp3) is 0.400. The SMILES string of the molecule is CCCC(=NOCC(C)Oc1ccc(Cl)cc1)C1=C(O)CC(C2CCCSC2)CC1=O.O=C(O)C1=NOC(c2ccccc2)(c2ccccc2)C1. The quantitative estimate of drug-likeness (QED) is 0.140. The van der Waals surface area contributed by atoms with Crippen molar-refractivity contribution >= 4 is 46.5 Å². The van der Waals surface area contributed by atoms with Crippen LogP contribution in [0.3, 0.4) is 0 Å². The number of rotatable bonds is 12. The number of thioether (sulfide) groups is 1. The van der Waals surface area contributed by atoms with E-state index in [-0.39, 0.29) is 42.3 Å². The number of aliphatic hydroxyl groups is 1. The number of aliphatic carboxylic acids is 1. The van der Waals surface area contributed by atoms with Gasteiger partial charge in [0.25, 0.3) is 0 Å². The first kappa shape index (κ1) is 38.0. The molecule has 0 amide bonds. The van der Waals surface area contributed by atoms with Gasteiger partial charge >= 0.3 is 5.97 Å². The molecule has 3 aromatic carbocycles. The van der Waals surface area contributed by atoms with Gasteiger partial charge in [-0.1, -0.05) is 95.9 Å². The van der Waals surface area contributed by atoms with Crippen LogP contribution in [0, 0.1) is 11.8 Å². The summed E-state index contributed by atoms with van der Waals surface area (Å²) in [5.41, 5.74) is 1.89. The molecule has 11 heteroatoms. The molecular formula is C40H45ClN2O7S. The highest BCUT2D eigenvalue weighted by Gasteiger charge is 2.44. The zero-order valence-corrected chi connectivity index (χ0v) is 30.6. The highest BCUT2D eigenvalue weighted by atomic mass is 35.5. The van der Waals surface area contributed by atoms with E-state index < -0.39 is 11.6 Å². The van der Waals surface area contributed by atoms with E-state index in [9.17, 15) is 14.7 Å². The van der Waals surface area contributed by atoms with Gasteiger partial charge in [-0.05, 0) is 73.8 Å². The number of carbonyl (C=O) groups is 2. The van der Waals surface area contributed by atoms with Gasteiger partial charge in [-0.25, -0.2) is 4.79 Å². The van der Waals surface area contributed by atoms with Crippen molar-refractivity contribution in [2.24, 2.45) is 22.1 Å². The van der Waals surface area contributed by atoms with Crippen LogP contribution in [-0.2, 0) is 24.9 Å². The summed E-state index contributed by atoms with van der Waals surface area (Å²) < 4.78 is 5.80. The molecule has 2 aliphatic heterocycles. The number of nitrogens with zero attached hydrogens (tertiary/aromatic N) is 2. The van der Waals surface area contributed by atoms with Crippen molar-refractivity contribution in [3.05, 3.63) is 112 Å². The Morgan fingerprint density at radius 2 is 1.71 bits per heavy atom. The van der Waals surface area contributed by atoms with Gasteiger partial charge in [0.2, 0.25) is 0 Å². The van der Waals surface area contributed by atoms with Crippen LogP contribution in [0.4, 0.5) is 0 Å². The second-order valence-electron chi connectivity index (χ2n) is 13.0. The average molecular weight is 733 g/mol. The Hall–Kier alpha value is -4.28. The molecule has 9 nitrogen and oxygen atoms in total. The summed E-state index contributed by atoms with van der Waals surface area (Å²) in [6.45, 7) is 4.15. The number of hydrogen-bond donors (Lipinski definition) is 2. The Balaban J connectivity index is 0.000000216. The Morgan fingerprint density at radius 1 is 1.04 bits per heavy atom. The number of ether oxygens (including phenoxy) is 1. The molecule has 0 radical (unpaired) electrons. The van der Waals surface area contributed by atoms with E-state index in [0.717, 1.165) is 29.7 Å². The van der Waals surface area contributed by atoms with Crippen molar-refractivity contribution < 1.29 is 34.2 Å². The van der Waals surface area contributed by atoms with Gasteiger partial charge in [-0.2, -0.15) is 11.8 Å². The maximum Gasteiger partial charge on any atom is 0.353 e. The smallest absolute Gasteiger partial charge is 0.353 e. The van der Waals surface area contributed by atoms with Gasteiger partial charge in [0, 0.05) is 29.0 Å². The van der Waals surface area contributed by atoms with E-state index in [2.05, 4.69) is 10.3 Å². The van der Waals surface area contributed by atoms with Crippen LogP contribution in [0.5, 0.6) is 5.75 Å². The van der Waals surface area contributed by atoms with Gasteiger partial charge in [-0.3, -0.25) is 4.79 Å². The molecule has 0 saturated carbocycles. The highest BCUT2D eigenvalue weighted by Crippen LogP contribution is 2.41. The largest absolute Gasteiger partial charge is 0.511 e. The number of halogens is 1. The van der Waals surface area contributed by atoms with Crippen molar-refractivity contribution in [3.63, 3.8) is 0 Å². The van der Waals surface area contributed by atoms with Crippen molar-refractivity contribution in [1.82, 2.24) is 0 Å². The number of allylic oxidation sites excluding steroid dienone is 2. The van der Waals surface area contributed by atoms with Crippen molar-refractivity contribution in [1.29, 1.82) is 0 Å². The Kier molecular flexibility index (Phi) is 13.6. The van der Waals surface area contributed by atoms with Crippen molar-refractivity contribution in [3.8, 4) is 5.75 Å². The van der Waals surface area contributed by atoms with Crippen LogP contribution >= 0.6 is 23.4 Å². The second kappa shape index (κ2) is 18.3. The van der Waals surface area contributed by atoms with Gasteiger partial charge < -0.3 is 24.6 Å². The summed E-state index contributed by atoms with van der Waals surface area (Å²) in [4.78, 5) is 35.2. The maximum atomic E-state index is 12.9. The van der Waals surface area contributed by atoms with E-state index in [1.54, 1.807) is 24.3 Å². The first-order valence-electron chi connectivity index (χ1n) is 17.4. The summed E-state index contributed by atoms with van der Waals surface area (Å²) in [6.07, 6.45) is 4.78. The molecule has 3 aliphatic rings. The lowest BCUT2D eigenvalue weighted by Gasteiger charge is -2.32. The van der Waals surface area contributed by atoms with Crippen LogP contribution in [0.15, 0.2) is 107 Å². The van der Waals surface area contributed by atoms with Crippen LogP contribution in [0.1, 0.15) is 69.9 Å². The molecule has 3 unspecified atom stereocenters. The average Bonchev–Trinajstić information content (AvgIpc) is 3.61. The lowest BCUT2D eigenvalue weighted by molar-refractivity contribution is -0.129. The molecule has 3 atom stereocenters. The van der Waals surface area contributed by atoms with E-state index in [0.29, 0.717) is 47.2 Å². The van der Waals surface area contributed by atoms with Gasteiger partial charge in [0.05, 0.1) is 17.7 Å². The lowest BCUT2D eigenvalue weighted by Crippen LogP contribution is -2.31. The predicted octanol–water partition coefficient (Wildman–Crippen LogP) is 9.01. The molecule has 1 fully saturated rings. The maximum absolute atomic E-state index is 12.9. The number of carbonyl (C=O) groups excluding carboxylic acids is 1. The Morgan fingerprint density at radius 3 is 2.25 bits per heavy atom. The number of benzene rings is 3. The van der Waals surface area contributed by atoms with E-state index in [1.807, 2.05) is 86.3 Å². The number of Topliss-reactive ketones (excluding diaryl/α,β-unsaturated/α-hetero) is 1. The van der Waals surface area contributed by atoms with Gasteiger partial charge in [0.15, 0.2) is 23.7 Å². The summed E-state index contributed by atoms with van der Waals surface area (Å²) in [5.74, 6) is 2.87. The Labute approximate surface area is 308 Å². The molecular weight excluding hydrogens is 688 g/mol. The number of ketones is 1. The Bertz CT molecular complexity index is 1670. The van der Waals surface area contributed by atoms with Crippen LogP contribution < -0.4 is 4.74 Å². The molecule has 2 N–H and O–H groups in total. The third-order valence-corrected chi connectivity index (χ3v) is 10.7. The zero-order chi connectivity index (χ0) is 36.2. The fourth-order valence-corrected chi connectivity index (χ4v) is 8.02. The molecule has 270 valence electrons. The van der Waals surface area contributed by atoms with Crippen LogP contribution in [0.2, 0.25) is 5.02 Å². The molecule has 51 heavy (non-hydrogen) atoms. The molecule has 6 rings (SSSR count). The van der Waals surface area contributed by atoms with E-state index in [4.69, 9.17) is 31.1 Å². The summed E-state index contributed by atoms with van der Waals surface area (Å²) in [5, 5.41) is 28.5. The number of oxime groups is 2. The minimum absolute atomic E-state index is 0.00872. The highest BCUT2D eigenvalue weighted by molar-refractivity contribution is 7.99. The minimum Gasteiger partial charge on any atom is -0.511 e. The van der Waals surface area contributed by atoms with Gasteiger partial charge in [-0.15, -0.1) is 0 Å². The molecule has 2 heterocycles. The van der Waals surface area contributed by atoms with E-state index >= 15 is 0 Å². The minimum atomic E-state index is -1.04. The molecule has 0 bridgehead atoms. The van der Waals surface area contributed by atoms with Crippen LogP contribution in [-0.4, -0.2) is 57.6 Å². The van der Waals surface area contributed by atoms with Crippen LogP contribution in [0.25, 0.3) is 0 Å². The summed E-state index contributed by atoms with van der Waals surface area (Å²) in [6, 6.07) is 26.3. The number of aliphatic hydroxyl groups excluding tert-OH is 1. The number of carboxylic acid groups (broad SMARTS) is 1. The standard InChI is InChI=1S/C24H32ClNO4S.C16H13NO3/c1-3-5-21(26-29-14-16(2)30-20-9-7-19(25)8-10-20)24-22(27)12-18(13-23(24)28)17-6-4-11-31-15-17;18-15(19)14-11-16(20-17-14,12-7-3-1-4-8-12)13-9-5-2-6-10-13/h7-10,16-18,27H,3-6,11-15H2,1-2H3;1-10H,11H2,(H,18,19). The third kappa shape index (κ3) is 9.95. The predicted molar refractivity (Wildman–Crippen MR) is 202 cm³/mol. The molecule has 1 aliphatic carbocycles. The molecule has 0 spiro atoms. The fourth-order valence-electron chi connectivity index (χ4n) is 6.61. The monoisotopic (exact) mass is 732 g/mol. The number of carboxylic acids is 1. The number of hydrogen-bond acceptors (Lipinski definition) is 9. The normalized spacial score (nSPS) is 20.7. The summed E-state index contributed by atoms with van der Waals surface area (Å²) in [7, 11) is 0. The topological polar surface area (TPSA) is 127 Å². The lowest BCUT2D eigenvalue weighted by atomic mass is 9.76. The third-order valence-electron chi connectivity index (χ3n) is 9.20.